The Bertz CT molecular complexity index is 470. The molecule has 88 valence electrons. The predicted octanol–water partition coefficient (Wildman–Crippen LogP) is 1.56. The first-order chi connectivity index (χ1) is 8.29. The van der Waals surface area contributed by atoms with E-state index in [2.05, 4.69) is 15.3 Å². The van der Waals surface area contributed by atoms with Crippen molar-refractivity contribution >= 4 is 5.82 Å². The van der Waals surface area contributed by atoms with Gasteiger partial charge in [0.05, 0.1) is 11.7 Å². The first kappa shape index (κ1) is 11.5. The smallest absolute Gasteiger partial charge is 0.123 e. The van der Waals surface area contributed by atoms with Crippen molar-refractivity contribution in [3.05, 3.63) is 54.0 Å². The number of aromatic nitrogens is 2. The minimum absolute atomic E-state index is 0.193. The van der Waals surface area contributed by atoms with E-state index in [4.69, 9.17) is 5.73 Å². The van der Waals surface area contributed by atoms with Gasteiger partial charge in [-0.05, 0) is 43.3 Å². The topological polar surface area (TPSA) is 63.8 Å². The van der Waals surface area contributed by atoms with Crippen LogP contribution in [0.3, 0.4) is 0 Å². The van der Waals surface area contributed by atoms with Crippen molar-refractivity contribution in [1.29, 1.82) is 0 Å². The molecule has 0 fully saturated rings. The molecular formula is C13H16N4. The summed E-state index contributed by atoms with van der Waals surface area (Å²) in [7, 11) is 1.93. The van der Waals surface area contributed by atoms with Crippen LogP contribution in [0.4, 0.5) is 5.82 Å². The molecule has 0 spiro atoms. The molecule has 0 saturated carbocycles. The Kier molecular flexibility index (Phi) is 3.67. The maximum Gasteiger partial charge on any atom is 0.123 e. The molecule has 2 aromatic rings. The SMILES string of the molecule is CNC(Cc1ccnc(N)c1)c1ccccn1. The van der Waals surface area contributed by atoms with Crippen LogP contribution in [-0.4, -0.2) is 17.0 Å². The monoisotopic (exact) mass is 228 g/mol. The van der Waals surface area contributed by atoms with Gasteiger partial charge in [0.1, 0.15) is 5.82 Å². The van der Waals surface area contributed by atoms with Gasteiger partial charge in [0.2, 0.25) is 0 Å². The van der Waals surface area contributed by atoms with Crippen molar-refractivity contribution in [2.24, 2.45) is 0 Å². The third kappa shape index (κ3) is 3.01. The number of pyridine rings is 2. The first-order valence-corrected chi connectivity index (χ1v) is 5.58. The highest BCUT2D eigenvalue weighted by molar-refractivity contribution is 5.32. The van der Waals surface area contributed by atoms with Crippen molar-refractivity contribution in [3.8, 4) is 0 Å². The lowest BCUT2D eigenvalue weighted by Crippen LogP contribution is -2.20. The number of nitrogens with two attached hydrogens (primary N) is 1. The van der Waals surface area contributed by atoms with Gasteiger partial charge in [-0.15, -0.1) is 0 Å². The molecule has 2 aromatic heterocycles. The highest BCUT2D eigenvalue weighted by atomic mass is 14.9. The Hall–Kier alpha value is -1.94. The van der Waals surface area contributed by atoms with Crippen LogP contribution in [0.2, 0.25) is 0 Å². The maximum absolute atomic E-state index is 5.67. The second kappa shape index (κ2) is 5.41. The summed E-state index contributed by atoms with van der Waals surface area (Å²) in [6.45, 7) is 0. The molecule has 0 aliphatic heterocycles. The minimum atomic E-state index is 0.193. The van der Waals surface area contributed by atoms with Crippen molar-refractivity contribution in [1.82, 2.24) is 15.3 Å². The maximum atomic E-state index is 5.67. The van der Waals surface area contributed by atoms with E-state index in [9.17, 15) is 0 Å². The molecular weight excluding hydrogens is 212 g/mol. The number of nitrogens with zero attached hydrogens (tertiary/aromatic N) is 2. The van der Waals surface area contributed by atoms with E-state index in [-0.39, 0.29) is 6.04 Å². The molecule has 0 aliphatic rings. The van der Waals surface area contributed by atoms with Gasteiger partial charge in [-0.2, -0.15) is 0 Å². The molecule has 4 heteroatoms. The summed E-state index contributed by atoms with van der Waals surface area (Å²) in [5.74, 6) is 0.554. The van der Waals surface area contributed by atoms with E-state index < -0.39 is 0 Å². The normalized spacial score (nSPS) is 12.3. The van der Waals surface area contributed by atoms with Crippen LogP contribution in [0.25, 0.3) is 0 Å². The Morgan fingerprint density at radius 1 is 1.24 bits per heavy atom. The fourth-order valence-corrected chi connectivity index (χ4v) is 1.79. The number of rotatable bonds is 4. The third-order valence-electron chi connectivity index (χ3n) is 2.68. The summed E-state index contributed by atoms with van der Waals surface area (Å²) in [5, 5.41) is 3.26. The van der Waals surface area contributed by atoms with E-state index in [1.807, 2.05) is 37.4 Å². The number of likely N-dealkylation sites (N-methyl/N-ethyl adjacent to an activating group) is 1. The molecule has 1 unspecified atom stereocenters. The second-order valence-electron chi connectivity index (χ2n) is 3.89. The Balaban J connectivity index is 2.16. The van der Waals surface area contributed by atoms with Crippen LogP contribution >= 0.6 is 0 Å². The van der Waals surface area contributed by atoms with Crippen LogP contribution in [-0.2, 0) is 6.42 Å². The molecule has 17 heavy (non-hydrogen) atoms. The quantitative estimate of drug-likeness (QED) is 0.833. The van der Waals surface area contributed by atoms with Gasteiger partial charge in [0.25, 0.3) is 0 Å². The zero-order chi connectivity index (χ0) is 12.1. The number of anilines is 1. The third-order valence-corrected chi connectivity index (χ3v) is 2.68. The Morgan fingerprint density at radius 2 is 2.12 bits per heavy atom. The van der Waals surface area contributed by atoms with Crippen molar-refractivity contribution in [2.45, 2.75) is 12.5 Å². The molecule has 2 rings (SSSR count). The average Bonchev–Trinajstić information content (AvgIpc) is 2.37. The van der Waals surface area contributed by atoms with Gasteiger partial charge in [0.15, 0.2) is 0 Å². The van der Waals surface area contributed by atoms with Gasteiger partial charge in [-0.3, -0.25) is 4.98 Å². The lowest BCUT2D eigenvalue weighted by atomic mass is 10.0. The lowest BCUT2D eigenvalue weighted by molar-refractivity contribution is 0.576. The van der Waals surface area contributed by atoms with E-state index in [1.165, 1.54) is 0 Å². The van der Waals surface area contributed by atoms with E-state index in [0.717, 1.165) is 17.7 Å². The minimum Gasteiger partial charge on any atom is -0.384 e. The molecule has 0 amide bonds. The fraction of sp³-hybridized carbons (Fsp3) is 0.231. The molecule has 0 bridgehead atoms. The van der Waals surface area contributed by atoms with Crippen LogP contribution in [0.1, 0.15) is 17.3 Å². The Labute approximate surface area is 101 Å². The molecule has 1 atom stereocenters. The van der Waals surface area contributed by atoms with Gasteiger partial charge >= 0.3 is 0 Å². The summed E-state index contributed by atoms with van der Waals surface area (Å²) in [4.78, 5) is 8.35. The summed E-state index contributed by atoms with van der Waals surface area (Å²) in [6.07, 6.45) is 4.39. The molecule has 0 aromatic carbocycles. The van der Waals surface area contributed by atoms with Crippen LogP contribution in [0.5, 0.6) is 0 Å². The summed E-state index contributed by atoms with van der Waals surface area (Å²) in [5.41, 5.74) is 7.86. The molecule has 3 N–H and O–H groups in total. The van der Waals surface area contributed by atoms with Crippen molar-refractivity contribution < 1.29 is 0 Å². The molecule has 0 radical (unpaired) electrons. The number of nitrogen functional groups attached to an aromatic ring is 1. The molecule has 2 heterocycles. The standard InChI is InChI=1S/C13H16N4/c1-15-12(11-4-2-3-6-16-11)8-10-5-7-17-13(14)9-10/h2-7,9,12,15H,8H2,1H3,(H2,14,17). The van der Waals surface area contributed by atoms with Gasteiger partial charge < -0.3 is 11.1 Å². The Morgan fingerprint density at radius 3 is 2.76 bits per heavy atom. The van der Waals surface area contributed by atoms with E-state index >= 15 is 0 Å². The van der Waals surface area contributed by atoms with E-state index in [1.54, 1.807) is 12.4 Å². The van der Waals surface area contributed by atoms with Crippen LogP contribution in [0, 0.1) is 0 Å². The molecule has 4 nitrogen and oxygen atoms in total. The van der Waals surface area contributed by atoms with Crippen LogP contribution < -0.4 is 11.1 Å². The van der Waals surface area contributed by atoms with Crippen molar-refractivity contribution in [3.63, 3.8) is 0 Å². The van der Waals surface area contributed by atoms with Gasteiger partial charge in [-0.25, -0.2) is 4.98 Å². The van der Waals surface area contributed by atoms with Gasteiger partial charge in [-0.1, -0.05) is 6.07 Å². The predicted molar refractivity (Wildman–Crippen MR) is 68.4 cm³/mol. The largest absolute Gasteiger partial charge is 0.384 e. The fourth-order valence-electron chi connectivity index (χ4n) is 1.79. The van der Waals surface area contributed by atoms with Gasteiger partial charge in [0, 0.05) is 12.4 Å². The second-order valence-corrected chi connectivity index (χ2v) is 3.89. The summed E-state index contributed by atoms with van der Waals surface area (Å²) < 4.78 is 0. The number of hydrogen-bond acceptors (Lipinski definition) is 4. The highest BCUT2D eigenvalue weighted by Gasteiger charge is 2.10. The molecule has 0 aliphatic carbocycles. The lowest BCUT2D eigenvalue weighted by Gasteiger charge is -2.15. The number of hydrogen-bond donors (Lipinski definition) is 2. The van der Waals surface area contributed by atoms with E-state index in [0.29, 0.717) is 5.82 Å². The van der Waals surface area contributed by atoms with Crippen LogP contribution in [0.15, 0.2) is 42.7 Å². The van der Waals surface area contributed by atoms with Crippen molar-refractivity contribution in [2.75, 3.05) is 12.8 Å². The molecule has 0 saturated heterocycles. The average molecular weight is 228 g/mol. The summed E-state index contributed by atoms with van der Waals surface area (Å²) in [6, 6.07) is 10.00. The zero-order valence-electron chi connectivity index (χ0n) is 9.80. The highest BCUT2D eigenvalue weighted by Crippen LogP contribution is 2.16. The number of nitrogens with one attached hydrogen (secondary N) is 1. The summed E-state index contributed by atoms with van der Waals surface area (Å²) >= 11 is 0. The first-order valence-electron chi connectivity index (χ1n) is 5.58. The zero-order valence-corrected chi connectivity index (χ0v) is 9.80.